The fraction of sp³-hybridized carbons (Fsp3) is 0.615. The molecule has 1 fully saturated rings. The Balaban J connectivity index is 2.16. The molecule has 1 aliphatic heterocycles. The number of hydrogen-bond acceptors (Lipinski definition) is 5. The van der Waals surface area contributed by atoms with Crippen LogP contribution in [-0.4, -0.2) is 36.6 Å². The second-order valence-electron chi connectivity index (χ2n) is 5.13. The van der Waals surface area contributed by atoms with Crippen molar-refractivity contribution in [2.45, 2.75) is 19.8 Å². The maximum atomic E-state index is 11.2. The Bertz CT molecular complexity index is 458. The first-order valence-electron chi connectivity index (χ1n) is 6.61. The minimum absolute atomic E-state index is 0.124. The highest BCUT2D eigenvalue weighted by Gasteiger charge is 2.23. The predicted octanol–water partition coefficient (Wildman–Crippen LogP) is 1.73. The van der Waals surface area contributed by atoms with E-state index in [1.54, 1.807) is 19.2 Å². The summed E-state index contributed by atoms with van der Waals surface area (Å²) in [6.45, 7) is 4.63. The zero-order valence-corrected chi connectivity index (χ0v) is 11.4. The van der Waals surface area contributed by atoms with E-state index in [4.69, 9.17) is 0 Å². The molecule has 6 heteroatoms. The van der Waals surface area contributed by atoms with Gasteiger partial charge in [-0.15, -0.1) is 0 Å². The Morgan fingerprint density at radius 2 is 2.21 bits per heavy atom. The van der Waals surface area contributed by atoms with E-state index in [2.05, 4.69) is 10.3 Å². The summed E-state index contributed by atoms with van der Waals surface area (Å²) in [6.07, 6.45) is 3.87. The molecule has 0 aromatic carbocycles. The lowest BCUT2D eigenvalue weighted by molar-refractivity contribution is -0.384. The van der Waals surface area contributed by atoms with E-state index in [9.17, 15) is 10.1 Å². The number of piperidine rings is 1. The molecule has 1 aromatic rings. The number of rotatable bonds is 4. The highest BCUT2D eigenvalue weighted by atomic mass is 16.6. The molecular formula is C13H20N4O2. The molecule has 2 rings (SSSR count). The molecule has 0 radical (unpaired) electrons. The number of aryl methyl sites for hydroxylation is 1. The lowest BCUT2D eigenvalue weighted by Crippen LogP contribution is -2.35. The van der Waals surface area contributed by atoms with Crippen LogP contribution in [0, 0.1) is 23.0 Å². The number of hydrogen-bond donors (Lipinski definition) is 1. The molecule has 0 aliphatic carbocycles. The van der Waals surface area contributed by atoms with E-state index in [-0.39, 0.29) is 10.6 Å². The quantitative estimate of drug-likeness (QED) is 0.662. The van der Waals surface area contributed by atoms with Crippen LogP contribution in [0.3, 0.4) is 0 Å². The molecule has 0 saturated carbocycles. The smallest absolute Gasteiger partial charge is 0.314 e. The van der Waals surface area contributed by atoms with E-state index in [0.29, 0.717) is 17.3 Å². The van der Waals surface area contributed by atoms with Crippen LogP contribution in [0.2, 0.25) is 0 Å². The highest BCUT2D eigenvalue weighted by molar-refractivity contribution is 5.61. The van der Waals surface area contributed by atoms with Crippen molar-refractivity contribution >= 4 is 11.5 Å². The van der Waals surface area contributed by atoms with Crippen molar-refractivity contribution < 1.29 is 4.92 Å². The molecule has 0 atom stereocenters. The molecule has 1 N–H and O–H groups in total. The third-order valence-electron chi connectivity index (χ3n) is 3.64. The zero-order valence-electron chi connectivity index (χ0n) is 11.4. The van der Waals surface area contributed by atoms with Crippen LogP contribution < -0.4 is 10.2 Å². The summed E-state index contributed by atoms with van der Waals surface area (Å²) in [4.78, 5) is 16.9. The molecule has 0 bridgehead atoms. The van der Waals surface area contributed by atoms with Gasteiger partial charge >= 0.3 is 5.69 Å². The Labute approximate surface area is 113 Å². The lowest BCUT2D eigenvalue weighted by Gasteiger charge is -2.28. The lowest BCUT2D eigenvalue weighted by atomic mass is 9.97. The molecule has 19 heavy (non-hydrogen) atoms. The number of nitro groups is 1. The second-order valence-corrected chi connectivity index (χ2v) is 5.13. The molecular weight excluding hydrogens is 244 g/mol. The molecule has 2 heterocycles. The Morgan fingerprint density at radius 1 is 1.53 bits per heavy atom. The van der Waals surface area contributed by atoms with Crippen molar-refractivity contribution in [1.29, 1.82) is 0 Å². The SMILES string of the molecule is Cc1ccnc(N(C)CC2CCNCC2)c1[N+](=O)[O-]. The topological polar surface area (TPSA) is 71.3 Å². The largest absolute Gasteiger partial charge is 0.354 e. The highest BCUT2D eigenvalue weighted by Crippen LogP contribution is 2.29. The summed E-state index contributed by atoms with van der Waals surface area (Å²) in [6, 6.07) is 1.68. The predicted molar refractivity (Wildman–Crippen MR) is 74.5 cm³/mol. The van der Waals surface area contributed by atoms with E-state index in [1.165, 1.54) is 0 Å². The van der Waals surface area contributed by atoms with Gasteiger partial charge in [0.15, 0.2) is 0 Å². The van der Waals surface area contributed by atoms with Crippen LogP contribution in [0.25, 0.3) is 0 Å². The normalized spacial score (nSPS) is 16.3. The molecule has 0 amide bonds. The minimum Gasteiger partial charge on any atom is -0.354 e. The Hall–Kier alpha value is -1.69. The fourth-order valence-corrected chi connectivity index (χ4v) is 2.58. The van der Waals surface area contributed by atoms with E-state index in [0.717, 1.165) is 32.5 Å². The summed E-state index contributed by atoms with van der Waals surface area (Å²) >= 11 is 0. The fourth-order valence-electron chi connectivity index (χ4n) is 2.58. The van der Waals surface area contributed by atoms with Crippen LogP contribution >= 0.6 is 0 Å². The van der Waals surface area contributed by atoms with Crippen LogP contribution in [0.4, 0.5) is 11.5 Å². The van der Waals surface area contributed by atoms with E-state index >= 15 is 0 Å². The summed E-state index contributed by atoms with van der Waals surface area (Å²) < 4.78 is 0. The average molecular weight is 264 g/mol. The van der Waals surface area contributed by atoms with Gasteiger partial charge in [0.05, 0.1) is 4.92 Å². The van der Waals surface area contributed by atoms with Crippen LogP contribution in [0.15, 0.2) is 12.3 Å². The number of pyridine rings is 1. The average Bonchev–Trinajstić information content (AvgIpc) is 2.39. The van der Waals surface area contributed by atoms with Gasteiger partial charge in [0, 0.05) is 25.4 Å². The number of aromatic nitrogens is 1. The van der Waals surface area contributed by atoms with Crippen molar-refractivity contribution in [1.82, 2.24) is 10.3 Å². The first kappa shape index (κ1) is 13.7. The summed E-state index contributed by atoms with van der Waals surface area (Å²) in [7, 11) is 1.89. The van der Waals surface area contributed by atoms with E-state index < -0.39 is 0 Å². The van der Waals surface area contributed by atoms with Crippen molar-refractivity contribution in [2.24, 2.45) is 5.92 Å². The molecule has 0 spiro atoms. The van der Waals surface area contributed by atoms with Gasteiger partial charge in [-0.2, -0.15) is 0 Å². The molecule has 1 saturated heterocycles. The summed E-state index contributed by atoms with van der Waals surface area (Å²) in [5.41, 5.74) is 0.783. The summed E-state index contributed by atoms with van der Waals surface area (Å²) in [5.74, 6) is 1.05. The Kier molecular flexibility index (Phi) is 4.31. The van der Waals surface area contributed by atoms with Gasteiger partial charge < -0.3 is 10.2 Å². The number of nitrogens with zero attached hydrogens (tertiary/aromatic N) is 3. The van der Waals surface area contributed by atoms with Gasteiger partial charge in [-0.3, -0.25) is 10.1 Å². The zero-order chi connectivity index (χ0) is 13.8. The third-order valence-corrected chi connectivity index (χ3v) is 3.64. The Morgan fingerprint density at radius 3 is 2.84 bits per heavy atom. The second kappa shape index (κ2) is 5.97. The van der Waals surface area contributed by atoms with Gasteiger partial charge in [0.2, 0.25) is 5.82 Å². The van der Waals surface area contributed by atoms with Crippen LogP contribution in [0.1, 0.15) is 18.4 Å². The summed E-state index contributed by atoms with van der Waals surface area (Å²) in [5, 5.41) is 14.5. The molecule has 1 aliphatic rings. The number of anilines is 1. The maximum absolute atomic E-state index is 11.2. The van der Waals surface area contributed by atoms with Crippen LogP contribution in [0.5, 0.6) is 0 Å². The van der Waals surface area contributed by atoms with Gasteiger partial charge in [0.1, 0.15) is 0 Å². The standard InChI is InChI=1S/C13H20N4O2/c1-10-3-8-15-13(12(10)17(18)19)16(2)9-11-4-6-14-7-5-11/h3,8,11,14H,4-7,9H2,1-2H3. The van der Waals surface area contributed by atoms with Gasteiger partial charge in [-0.25, -0.2) is 4.98 Å². The molecule has 1 aromatic heterocycles. The molecule has 6 nitrogen and oxygen atoms in total. The maximum Gasteiger partial charge on any atom is 0.314 e. The first-order valence-corrected chi connectivity index (χ1v) is 6.61. The van der Waals surface area contributed by atoms with Crippen molar-refractivity contribution in [3.8, 4) is 0 Å². The first-order chi connectivity index (χ1) is 9.09. The van der Waals surface area contributed by atoms with E-state index in [1.807, 2.05) is 11.9 Å². The number of nitrogens with one attached hydrogen (secondary N) is 1. The third kappa shape index (κ3) is 3.20. The monoisotopic (exact) mass is 264 g/mol. The van der Waals surface area contributed by atoms with Gasteiger partial charge in [0.25, 0.3) is 0 Å². The van der Waals surface area contributed by atoms with Crippen LogP contribution in [-0.2, 0) is 0 Å². The van der Waals surface area contributed by atoms with Gasteiger partial charge in [-0.05, 0) is 44.8 Å². The van der Waals surface area contributed by atoms with Crippen molar-refractivity contribution in [3.05, 3.63) is 27.9 Å². The molecule has 104 valence electrons. The molecule has 0 unspecified atom stereocenters. The minimum atomic E-state index is -0.337. The van der Waals surface area contributed by atoms with Crippen molar-refractivity contribution in [3.63, 3.8) is 0 Å². The van der Waals surface area contributed by atoms with Gasteiger partial charge in [-0.1, -0.05) is 0 Å². The van der Waals surface area contributed by atoms with Crippen molar-refractivity contribution in [2.75, 3.05) is 31.6 Å².